The van der Waals surface area contributed by atoms with Crippen LogP contribution in [0.4, 0.5) is 11.4 Å². The smallest absolute Gasteiger partial charge is 0.293 e. The van der Waals surface area contributed by atoms with Crippen molar-refractivity contribution >= 4 is 17.3 Å². The van der Waals surface area contributed by atoms with Crippen molar-refractivity contribution in [2.24, 2.45) is 5.92 Å². The van der Waals surface area contributed by atoms with Crippen LogP contribution >= 0.6 is 0 Å². The fraction of sp³-hybridized carbons (Fsp3) is 0.632. The van der Waals surface area contributed by atoms with Crippen molar-refractivity contribution in [1.29, 1.82) is 0 Å². The van der Waals surface area contributed by atoms with Crippen LogP contribution in [-0.4, -0.2) is 30.0 Å². The average molecular weight is 345 g/mol. The number of nitrogens with one attached hydrogen (secondary N) is 1. The molecule has 1 heterocycles. The summed E-state index contributed by atoms with van der Waals surface area (Å²) in [5.74, 6) is 0.463. The van der Waals surface area contributed by atoms with E-state index in [1.54, 1.807) is 12.1 Å². The minimum absolute atomic E-state index is 0.0332. The summed E-state index contributed by atoms with van der Waals surface area (Å²) >= 11 is 0. The Morgan fingerprint density at radius 2 is 1.84 bits per heavy atom. The zero-order chi connectivity index (χ0) is 17.8. The van der Waals surface area contributed by atoms with Crippen LogP contribution in [0.15, 0.2) is 18.2 Å². The van der Waals surface area contributed by atoms with E-state index in [-0.39, 0.29) is 22.6 Å². The SMILES string of the molecule is CC1CCN(c2ccc(C(=O)NC3CCCCC3)cc2[N+](=O)[O-])CC1. The van der Waals surface area contributed by atoms with Gasteiger partial charge in [-0.05, 0) is 43.7 Å². The maximum Gasteiger partial charge on any atom is 0.293 e. The van der Waals surface area contributed by atoms with Gasteiger partial charge in [-0.3, -0.25) is 14.9 Å². The second kappa shape index (κ2) is 7.85. The van der Waals surface area contributed by atoms with E-state index in [0.717, 1.165) is 51.6 Å². The molecular weight excluding hydrogens is 318 g/mol. The molecule has 0 spiro atoms. The van der Waals surface area contributed by atoms with E-state index in [1.807, 2.05) is 0 Å². The van der Waals surface area contributed by atoms with Crippen molar-refractivity contribution in [2.75, 3.05) is 18.0 Å². The molecule has 1 N–H and O–H groups in total. The number of anilines is 1. The number of nitrogens with zero attached hydrogens (tertiary/aromatic N) is 2. The first-order chi connectivity index (χ1) is 12.0. The fourth-order valence-electron chi connectivity index (χ4n) is 3.84. The lowest BCUT2D eigenvalue weighted by Gasteiger charge is -2.31. The van der Waals surface area contributed by atoms with Gasteiger partial charge in [0.15, 0.2) is 0 Å². The van der Waals surface area contributed by atoms with Gasteiger partial charge in [0.25, 0.3) is 11.6 Å². The predicted molar refractivity (Wildman–Crippen MR) is 98.0 cm³/mol. The summed E-state index contributed by atoms with van der Waals surface area (Å²) in [5, 5.41) is 14.6. The number of amides is 1. The Balaban J connectivity index is 1.76. The van der Waals surface area contributed by atoms with Gasteiger partial charge in [0.05, 0.1) is 4.92 Å². The zero-order valence-corrected chi connectivity index (χ0v) is 14.9. The molecule has 136 valence electrons. The Bertz CT molecular complexity index is 633. The molecule has 1 aromatic rings. The van der Waals surface area contributed by atoms with Crippen molar-refractivity contribution in [3.05, 3.63) is 33.9 Å². The third kappa shape index (κ3) is 4.30. The third-order valence-electron chi connectivity index (χ3n) is 5.50. The fourth-order valence-corrected chi connectivity index (χ4v) is 3.84. The Kier molecular flexibility index (Phi) is 5.56. The van der Waals surface area contributed by atoms with Crippen LogP contribution in [0.25, 0.3) is 0 Å². The van der Waals surface area contributed by atoms with Gasteiger partial charge in [0.2, 0.25) is 0 Å². The number of carbonyl (C=O) groups excluding carboxylic acids is 1. The van der Waals surface area contributed by atoms with Crippen molar-refractivity contribution in [1.82, 2.24) is 5.32 Å². The van der Waals surface area contributed by atoms with Crippen LogP contribution in [-0.2, 0) is 0 Å². The van der Waals surface area contributed by atoms with Gasteiger partial charge in [-0.1, -0.05) is 26.2 Å². The van der Waals surface area contributed by atoms with Gasteiger partial charge in [-0.2, -0.15) is 0 Å². The van der Waals surface area contributed by atoms with E-state index in [1.165, 1.54) is 12.5 Å². The second-order valence-electron chi connectivity index (χ2n) is 7.44. The predicted octanol–water partition coefficient (Wildman–Crippen LogP) is 3.89. The maximum absolute atomic E-state index is 12.5. The van der Waals surface area contributed by atoms with Gasteiger partial charge in [0, 0.05) is 30.8 Å². The molecule has 0 bridgehead atoms. The summed E-state index contributed by atoms with van der Waals surface area (Å²) in [6, 6.07) is 5.09. The zero-order valence-electron chi connectivity index (χ0n) is 14.9. The summed E-state index contributed by atoms with van der Waals surface area (Å²) in [7, 11) is 0. The maximum atomic E-state index is 12.5. The van der Waals surface area contributed by atoms with Gasteiger partial charge in [-0.25, -0.2) is 0 Å². The van der Waals surface area contributed by atoms with Crippen LogP contribution in [0.3, 0.4) is 0 Å². The number of nitro groups is 1. The first-order valence-corrected chi connectivity index (χ1v) is 9.39. The molecule has 6 heteroatoms. The molecule has 1 saturated heterocycles. The largest absolute Gasteiger partial charge is 0.366 e. The first kappa shape index (κ1) is 17.7. The second-order valence-corrected chi connectivity index (χ2v) is 7.44. The van der Waals surface area contributed by atoms with Crippen LogP contribution in [0.2, 0.25) is 0 Å². The minimum atomic E-state index is -0.370. The van der Waals surface area contributed by atoms with Gasteiger partial charge < -0.3 is 10.2 Å². The quantitative estimate of drug-likeness (QED) is 0.663. The summed E-state index contributed by atoms with van der Waals surface area (Å²) in [5.41, 5.74) is 1.04. The summed E-state index contributed by atoms with van der Waals surface area (Å²) < 4.78 is 0. The Hall–Kier alpha value is -2.11. The molecule has 3 rings (SSSR count). The van der Waals surface area contributed by atoms with E-state index in [2.05, 4.69) is 17.1 Å². The van der Waals surface area contributed by atoms with Crippen molar-refractivity contribution in [3.8, 4) is 0 Å². The first-order valence-electron chi connectivity index (χ1n) is 9.39. The molecule has 0 radical (unpaired) electrons. The summed E-state index contributed by atoms with van der Waals surface area (Å²) in [6.45, 7) is 3.87. The highest BCUT2D eigenvalue weighted by Gasteiger charge is 2.25. The lowest BCUT2D eigenvalue weighted by Crippen LogP contribution is -2.36. The molecule has 1 aliphatic carbocycles. The molecule has 2 fully saturated rings. The molecular formula is C19H27N3O3. The Labute approximate surface area is 148 Å². The van der Waals surface area contributed by atoms with E-state index < -0.39 is 0 Å². The number of rotatable bonds is 4. The van der Waals surface area contributed by atoms with Crippen molar-refractivity contribution in [3.63, 3.8) is 0 Å². The minimum Gasteiger partial charge on any atom is -0.366 e. The molecule has 1 amide bonds. The standard InChI is InChI=1S/C19H27N3O3/c1-14-9-11-21(12-10-14)17-8-7-15(13-18(17)22(24)25)19(23)20-16-5-3-2-4-6-16/h7-8,13-14,16H,2-6,9-12H2,1H3,(H,20,23). The highest BCUT2D eigenvalue weighted by molar-refractivity contribution is 5.96. The summed E-state index contributed by atoms with van der Waals surface area (Å²) in [4.78, 5) is 25.7. The van der Waals surface area contributed by atoms with Gasteiger partial charge in [0.1, 0.15) is 5.69 Å². The number of hydrogen-bond acceptors (Lipinski definition) is 4. The van der Waals surface area contributed by atoms with Crippen LogP contribution < -0.4 is 10.2 Å². The highest BCUT2D eigenvalue weighted by atomic mass is 16.6. The molecule has 1 aromatic carbocycles. The number of hydrogen-bond donors (Lipinski definition) is 1. The molecule has 0 unspecified atom stereocenters. The molecule has 1 saturated carbocycles. The van der Waals surface area contributed by atoms with E-state index in [9.17, 15) is 14.9 Å². The van der Waals surface area contributed by atoms with E-state index >= 15 is 0 Å². The number of benzene rings is 1. The number of nitro benzene ring substituents is 1. The summed E-state index contributed by atoms with van der Waals surface area (Å²) in [6.07, 6.45) is 7.58. The molecule has 6 nitrogen and oxygen atoms in total. The van der Waals surface area contributed by atoms with E-state index in [4.69, 9.17) is 0 Å². The van der Waals surface area contributed by atoms with Crippen LogP contribution in [0.5, 0.6) is 0 Å². The molecule has 0 aromatic heterocycles. The van der Waals surface area contributed by atoms with Gasteiger partial charge >= 0.3 is 0 Å². The molecule has 0 atom stereocenters. The molecule has 25 heavy (non-hydrogen) atoms. The monoisotopic (exact) mass is 345 g/mol. The third-order valence-corrected chi connectivity index (χ3v) is 5.50. The van der Waals surface area contributed by atoms with E-state index in [0.29, 0.717) is 17.2 Å². The molecule has 2 aliphatic rings. The molecule has 1 aliphatic heterocycles. The number of carbonyl (C=O) groups is 1. The number of piperidine rings is 1. The van der Waals surface area contributed by atoms with Crippen molar-refractivity contribution < 1.29 is 9.72 Å². The topological polar surface area (TPSA) is 75.5 Å². The van der Waals surface area contributed by atoms with Crippen molar-refractivity contribution in [2.45, 2.75) is 57.9 Å². The average Bonchev–Trinajstić information content (AvgIpc) is 2.62. The lowest BCUT2D eigenvalue weighted by molar-refractivity contribution is -0.384. The lowest BCUT2D eigenvalue weighted by atomic mass is 9.95. The Morgan fingerprint density at radius 1 is 1.16 bits per heavy atom. The van der Waals surface area contributed by atoms with Crippen LogP contribution in [0, 0.1) is 16.0 Å². The van der Waals surface area contributed by atoms with Crippen LogP contribution in [0.1, 0.15) is 62.2 Å². The Morgan fingerprint density at radius 3 is 2.48 bits per heavy atom. The normalized spacial score (nSPS) is 19.6. The highest BCUT2D eigenvalue weighted by Crippen LogP contribution is 2.32. The van der Waals surface area contributed by atoms with Gasteiger partial charge in [-0.15, -0.1) is 0 Å².